The fourth-order valence-electron chi connectivity index (χ4n) is 3.43. The molecule has 4 rings (SSSR count). The second kappa shape index (κ2) is 7.79. The first kappa shape index (κ1) is 16.9. The van der Waals surface area contributed by atoms with Crippen LogP contribution in [0.4, 0.5) is 0 Å². The first-order valence-electron chi connectivity index (χ1n) is 9.16. The number of fused-ring (bicyclic) bond motifs is 1. The Kier molecular flexibility index (Phi) is 5.07. The average Bonchev–Trinajstić information content (AvgIpc) is 3.20. The summed E-state index contributed by atoms with van der Waals surface area (Å²) in [6.07, 6.45) is 3.04. The molecular formula is C21H23NO4. The van der Waals surface area contributed by atoms with Gasteiger partial charge in [0.2, 0.25) is 0 Å². The zero-order valence-electron chi connectivity index (χ0n) is 14.6. The smallest absolute Gasteiger partial charge is 0.251 e. The summed E-state index contributed by atoms with van der Waals surface area (Å²) in [7, 11) is 0. The molecular weight excluding hydrogens is 330 g/mol. The minimum absolute atomic E-state index is 0.0380. The molecule has 0 spiro atoms. The van der Waals surface area contributed by atoms with E-state index in [0.29, 0.717) is 24.5 Å². The molecule has 1 saturated heterocycles. The lowest BCUT2D eigenvalue weighted by Crippen LogP contribution is -2.32. The van der Waals surface area contributed by atoms with Crippen molar-refractivity contribution in [2.75, 3.05) is 19.8 Å². The van der Waals surface area contributed by atoms with Crippen LogP contribution in [0.25, 0.3) is 0 Å². The lowest BCUT2D eigenvalue weighted by atomic mass is 10.00. The van der Waals surface area contributed by atoms with Crippen LogP contribution >= 0.6 is 0 Å². The van der Waals surface area contributed by atoms with Crippen molar-refractivity contribution in [1.82, 2.24) is 5.32 Å². The van der Waals surface area contributed by atoms with Gasteiger partial charge in [-0.15, -0.1) is 0 Å². The molecule has 5 heteroatoms. The molecule has 26 heavy (non-hydrogen) atoms. The lowest BCUT2D eigenvalue weighted by molar-refractivity contribution is 0.0679. The maximum absolute atomic E-state index is 12.7. The highest BCUT2D eigenvalue weighted by atomic mass is 16.5. The van der Waals surface area contributed by atoms with Gasteiger partial charge < -0.3 is 19.5 Å². The maximum Gasteiger partial charge on any atom is 0.251 e. The SMILES string of the molecule is O=C(N[C@H]1CCOc2ccccc21)c1cccc(OC[C@H]2CCCO2)c1. The number of amides is 1. The Bertz CT molecular complexity index is 770. The van der Waals surface area contributed by atoms with E-state index in [4.69, 9.17) is 14.2 Å². The number of hydrogen-bond acceptors (Lipinski definition) is 4. The summed E-state index contributed by atoms with van der Waals surface area (Å²) >= 11 is 0. The van der Waals surface area contributed by atoms with Gasteiger partial charge in [-0.1, -0.05) is 24.3 Å². The van der Waals surface area contributed by atoms with E-state index in [1.54, 1.807) is 12.1 Å². The molecule has 0 aliphatic carbocycles. The number of nitrogens with one attached hydrogen (secondary N) is 1. The lowest BCUT2D eigenvalue weighted by Gasteiger charge is -2.26. The van der Waals surface area contributed by atoms with Gasteiger partial charge in [-0.25, -0.2) is 0 Å². The second-order valence-corrected chi connectivity index (χ2v) is 6.67. The second-order valence-electron chi connectivity index (χ2n) is 6.67. The first-order chi connectivity index (χ1) is 12.8. The van der Waals surface area contributed by atoms with Crippen molar-refractivity contribution < 1.29 is 19.0 Å². The Morgan fingerprint density at radius 1 is 1.12 bits per heavy atom. The molecule has 2 aliphatic rings. The number of ether oxygens (including phenoxy) is 3. The minimum Gasteiger partial charge on any atom is -0.493 e. The first-order valence-corrected chi connectivity index (χ1v) is 9.16. The van der Waals surface area contributed by atoms with Crippen molar-refractivity contribution in [3.8, 4) is 11.5 Å². The molecule has 136 valence electrons. The molecule has 2 heterocycles. The number of para-hydroxylation sites is 1. The molecule has 1 fully saturated rings. The van der Waals surface area contributed by atoms with Crippen molar-refractivity contribution >= 4 is 5.91 Å². The zero-order valence-corrected chi connectivity index (χ0v) is 14.6. The number of rotatable bonds is 5. The minimum atomic E-state index is -0.103. The predicted octanol–water partition coefficient (Wildman–Crippen LogP) is 3.50. The molecule has 0 bridgehead atoms. The van der Waals surface area contributed by atoms with Gasteiger partial charge in [0, 0.05) is 24.2 Å². The Morgan fingerprint density at radius 3 is 2.92 bits per heavy atom. The fourth-order valence-corrected chi connectivity index (χ4v) is 3.43. The number of carbonyl (C=O) groups is 1. The van der Waals surface area contributed by atoms with Crippen molar-refractivity contribution in [1.29, 1.82) is 0 Å². The van der Waals surface area contributed by atoms with Crippen LogP contribution in [0.2, 0.25) is 0 Å². The third-order valence-corrected chi connectivity index (χ3v) is 4.82. The highest BCUT2D eigenvalue weighted by molar-refractivity contribution is 5.94. The van der Waals surface area contributed by atoms with E-state index in [0.717, 1.165) is 37.2 Å². The predicted molar refractivity (Wildman–Crippen MR) is 97.7 cm³/mol. The molecule has 0 aromatic heterocycles. The van der Waals surface area contributed by atoms with Gasteiger partial charge in [-0.2, -0.15) is 0 Å². The van der Waals surface area contributed by atoms with Crippen LogP contribution in [0, 0.1) is 0 Å². The summed E-state index contributed by atoms with van der Waals surface area (Å²) < 4.78 is 17.0. The van der Waals surface area contributed by atoms with Crippen LogP contribution in [0.15, 0.2) is 48.5 Å². The highest BCUT2D eigenvalue weighted by Gasteiger charge is 2.23. The molecule has 1 amide bonds. The monoisotopic (exact) mass is 353 g/mol. The standard InChI is InChI=1S/C21H23NO4/c23-21(22-19-10-12-25-20-9-2-1-8-18(19)20)15-5-3-6-16(13-15)26-14-17-7-4-11-24-17/h1-3,5-6,8-9,13,17,19H,4,7,10-12,14H2,(H,22,23)/t17-,19+/m1/s1. The number of carbonyl (C=O) groups excluding carboxylic acids is 1. The molecule has 2 atom stereocenters. The van der Waals surface area contributed by atoms with Crippen LogP contribution in [0.1, 0.15) is 41.2 Å². The zero-order chi connectivity index (χ0) is 17.8. The highest BCUT2D eigenvalue weighted by Crippen LogP contribution is 2.31. The summed E-state index contributed by atoms with van der Waals surface area (Å²) in [6, 6.07) is 15.1. The van der Waals surface area contributed by atoms with Crippen molar-refractivity contribution in [3.63, 3.8) is 0 Å². The average molecular weight is 353 g/mol. The Balaban J connectivity index is 1.41. The molecule has 2 aliphatic heterocycles. The van der Waals surface area contributed by atoms with E-state index in [9.17, 15) is 4.79 Å². The normalized spacial score (nSPS) is 21.5. The van der Waals surface area contributed by atoms with E-state index >= 15 is 0 Å². The molecule has 5 nitrogen and oxygen atoms in total. The van der Waals surface area contributed by atoms with Crippen LogP contribution in [-0.4, -0.2) is 31.8 Å². The van der Waals surface area contributed by atoms with Crippen LogP contribution in [0.3, 0.4) is 0 Å². The van der Waals surface area contributed by atoms with E-state index in [2.05, 4.69) is 5.32 Å². The summed E-state index contributed by atoms with van der Waals surface area (Å²) in [5, 5.41) is 3.12. The third kappa shape index (κ3) is 3.83. The number of benzene rings is 2. The van der Waals surface area contributed by atoms with Gasteiger partial charge >= 0.3 is 0 Å². The fraction of sp³-hybridized carbons (Fsp3) is 0.381. The largest absolute Gasteiger partial charge is 0.493 e. The van der Waals surface area contributed by atoms with E-state index in [1.807, 2.05) is 36.4 Å². The molecule has 0 radical (unpaired) electrons. The molecule has 2 aromatic rings. The van der Waals surface area contributed by atoms with Crippen LogP contribution < -0.4 is 14.8 Å². The molecule has 1 N–H and O–H groups in total. The van der Waals surface area contributed by atoms with Crippen molar-refractivity contribution in [3.05, 3.63) is 59.7 Å². The third-order valence-electron chi connectivity index (χ3n) is 4.82. The summed E-state index contributed by atoms with van der Waals surface area (Å²) in [4.78, 5) is 12.7. The van der Waals surface area contributed by atoms with Gasteiger partial charge in [-0.05, 0) is 37.1 Å². The number of hydrogen-bond donors (Lipinski definition) is 1. The summed E-state index contributed by atoms with van der Waals surface area (Å²) in [6.45, 7) is 1.94. The van der Waals surface area contributed by atoms with Gasteiger partial charge in [0.05, 0.1) is 18.8 Å². The van der Waals surface area contributed by atoms with E-state index < -0.39 is 0 Å². The quantitative estimate of drug-likeness (QED) is 0.894. The molecule has 2 aromatic carbocycles. The Hall–Kier alpha value is -2.53. The van der Waals surface area contributed by atoms with Gasteiger partial charge in [-0.3, -0.25) is 4.79 Å². The van der Waals surface area contributed by atoms with Gasteiger partial charge in [0.15, 0.2) is 0 Å². The molecule has 0 unspecified atom stereocenters. The van der Waals surface area contributed by atoms with Gasteiger partial charge in [0.25, 0.3) is 5.91 Å². The van der Waals surface area contributed by atoms with E-state index in [-0.39, 0.29) is 18.1 Å². The summed E-state index contributed by atoms with van der Waals surface area (Å²) in [5.74, 6) is 1.44. The maximum atomic E-state index is 12.7. The van der Waals surface area contributed by atoms with Crippen LogP contribution in [-0.2, 0) is 4.74 Å². The van der Waals surface area contributed by atoms with Gasteiger partial charge in [0.1, 0.15) is 18.1 Å². The topological polar surface area (TPSA) is 56.8 Å². The summed E-state index contributed by atoms with van der Waals surface area (Å²) in [5.41, 5.74) is 1.62. The Morgan fingerprint density at radius 2 is 2.04 bits per heavy atom. The van der Waals surface area contributed by atoms with Crippen LogP contribution in [0.5, 0.6) is 11.5 Å². The van der Waals surface area contributed by atoms with Crippen molar-refractivity contribution in [2.24, 2.45) is 0 Å². The van der Waals surface area contributed by atoms with Crippen molar-refractivity contribution in [2.45, 2.75) is 31.4 Å². The molecule has 0 saturated carbocycles. The Labute approximate surface area is 153 Å². The van der Waals surface area contributed by atoms with E-state index in [1.165, 1.54) is 0 Å².